The van der Waals surface area contributed by atoms with Crippen molar-refractivity contribution in [2.24, 2.45) is 0 Å². The number of para-hydroxylation sites is 4. The molecule has 0 aliphatic rings. The van der Waals surface area contributed by atoms with Gasteiger partial charge in [-0.2, -0.15) is 0 Å². The largest absolute Gasteiger partial charge is 0.456 e. The maximum Gasteiger partial charge on any atom is 0.135 e. The zero-order chi connectivity index (χ0) is 33.5. The molecule has 51 heavy (non-hydrogen) atoms. The summed E-state index contributed by atoms with van der Waals surface area (Å²) in [6.45, 7) is 0. The minimum absolute atomic E-state index is 0.900. The van der Waals surface area contributed by atoms with E-state index in [1.807, 2.05) is 12.1 Å². The van der Waals surface area contributed by atoms with Crippen LogP contribution in [-0.2, 0) is 0 Å². The molecule has 0 saturated heterocycles. The summed E-state index contributed by atoms with van der Waals surface area (Å²) in [5, 5.41) is 7.23. The van der Waals surface area contributed by atoms with Crippen molar-refractivity contribution in [3.63, 3.8) is 0 Å². The monoisotopic (exact) mass is 650 g/mol. The van der Waals surface area contributed by atoms with Gasteiger partial charge in [-0.25, -0.2) is 0 Å². The molecule has 11 aromatic rings. The van der Waals surface area contributed by atoms with Gasteiger partial charge >= 0.3 is 0 Å². The molecule has 8 aromatic carbocycles. The van der Waals surface area contributed by atoms with Crippen molar-refractivity contribution in [2.45, 2.75) is 0 Å². The van der Waals surface area contributed by atoms with Gasteiger partial charge in [0.05, 0.1) is 22.1 Å². The van der Waals surface area contributed by atoms with Gasteiger partial charge in [0.1, 0.15) is 11.2 Å². The molecule has 0 aliphatic carbocycles. The Kier molecular flexibility index (Phi) is 5.96. The molecule has 0 amide bonds. The summed E-state index contributed by atoms with van der Waals surface area (Å²) < 4.78 is 11.0. The summed E-state index contributed by atoms with van der Waals surface area (Å²) in [5.74, 6) is 0. The third-order valence-corrected chi connectivity index (χ3v) is 10.5. The van der Waals surface area contributed by atoms with Gasteiger partial charge < -0.3 is 13.6 Å². The van der Waals surface area contributed by atoms with E-state index in [1.54, 1.807) is 0 Å². The molecule has 3 heterocycles. The molecule has 3 heteroatoms. The van der Waals surface area contributed by atoms with Crippen LogP contribution in [0.2, 0.25) is 0 Å². The van der Waals surface area contributed by atoms with Crippen molar-refractivity contribution >= 4 is 65.6 Å². The van der Waals surface area contributed by atoms with E-state index >= 15 is 0 Å². The van der Waals surface area contributed by atoms with E-state index in [9.17, 15) is 0 Å². The smallest absolute Gasteiger partial charge is 0.135 e. The van der Waals surface area contributed by atoms with Crippen LogP contribution in [0.5, 0.6) is 0 Å². The zero-order valence-corrected chi connectivity index (χ0v) is 27.6. The molecule has 0 atom stereocenters. The van der Waals surface area contributed by atoms with Gasteiger partial charge in [-0.3, -0.25) is 0 Å². The summed E-state index contributed by atoms with van der Waals surface area (Å²) >= 11 is 0. The highest BCUT2D eigenvalue weighted by atomic mass is 16.3. The highest BCUT2D eigenvalue weighted by molar-refractivity contribution is 6.12. The van der Waals surface area contributed by atoms with Crippen LogP contribution < -0.4 is 0 Å². The van der Waals surface area contributed by atoms with Gasteiger partial charge in [0.25, 0.3) is 0 Å². The lowest BCUT2D eigenvalue weighted by Gasteiger charge is -2.15. The number of benzene rings is 8. The first-order chi connectivity index (χ1) is 25.3. The quantitative estimate of drug-likeness (QED) is 0.186. The van der Waals surface area contributed by atoms with Gasteiger partial charge in [0.15, 0.2) is 0 Å². The third kappa shape index (κ3) is 4.25. The Morgan fingerprint density at radius 2 is 0.804 bits per heavy atom. The molecular formula is C48H30N2O. The normalized spacial score (nSPS) is 11.9. The summed E-state index contributed by atoms with van der Waals surface area (Å²) in [6, 6.07) is 65.7. The summed E-state index contributed by atoms with van der Waals surface area (Å²) in [5.41, 5.74) is 13.5. The van der Waals surface area contributed by atoms with Crippen LogP contribution in [0.3, 0.4) is 0 Å². The van der Waals surface area contributed by atoms with Gasteiger partial charge in [0, 0.05) is 43.7 Å². The van der Waals surface area contributed by atoms with Crippen molar-refractivity contribution in [1.82, 2.24) is 9.13 Å². The number of furan rings is 1. The third-order valence-electron chi connectivity index (χ3n) is 10.5. The van der Waals surface area contributed by atoms with E-state index in [0.29, 0.717) is 0 Å². The first-order valence-corrected chi connectivity index (χ1v) is 17.4. The van der Waals surface area contributed by atoms with Gasteiger partial charge in [-0.1, -0.05) is 115 Å². The lowest BCUT2D eigenvalue weighted by Crippen LogP contribution is -1.96. The highest BCUT2D eigenvalue weighted by Gasteiger charge is 2.17. The Morgan fingerprint density at radius 1 is 0.275 bits per heavy atom. The first kappa shape index (κ1) is 28.0. The molecule has 3 nitrogen and oxygen atoms in total. The van der Waals surface area contributed by atoms with Gasteiger partial charge in [-0.05, 0) is 89.0 Å². The number of hydrogen-bond donors (Lipinski definition) is 0. The van der Waals surface area contributed by atoms with Crippen LogP contribution in [0.1, 0.15) is 0 Å². The van der Waals surface area contributed by atoms with E-state index in [-0.39, 0.29) is 0 Å². The number of nitrogens with zero attached hydrogens (tertiary/aromatic N) is 2. The fraction of sp³-hybridized carbons (Fsp3) is 0. The molecular weight excluding hydrogens is 621 g/mol. The van der Waals surface area contributed by atoms with E-state index in [2.05, 4.69) is 179 Å². The fourth-order valence-electron chi connectivity index (χ4n) is 8.19. The van der Waals surface area contributed by atoms with Crippen LogP contribution in [0, 0.1) is 0 Å². The van der Waals surface area contributed by atoms with Gasteiger partial charge in [-0.15, -0.1) is 0 Å². The lowest BCUT2D eigenvalue weighted by molar-refractivity contribution is 0.669. The molecule has 0 bridgehead atoms. The molecule has 0 radical (unpaired) electrons. The second-order valence-electron chi connectivity index (χ2n) is 13.4. The Labute approximate surface area is 293 Å². The fourth-order valence-corrected chi connectivity index (χ4v) is 8.19. The number of hydrogen-bond acceptors (Lipinski definition) is 1. The van der Waals surface area contributed by atoms with Crippen molar-refractivity contribution in [1.29, 1.82) is 0 Å². The summed E-state index contributed by atoms with van der Waals surface area (Å²) in [7, 11) is 0. The van der Waals surface area contributed by atoms with Crippen LogP contribution in [0.15, 0.2) is 186 Å². The molecule has 0 aliphatic heterocycles. The van der Waals surface area contributed by atoms with Crippen LogP contribution >= 0.6 is 0 Å². The number of fused-ring (bicyclic) bond motifs is 9. The molecule has 238 valence electrons. The Balaban J connectivity index is 1.17. The van der Waals surface area contributed by atoms with Crippen molar-refractivity contribution < 1.29 is 4.42 Å². The van der Waals surface area contributed by atoms with E-state index < -0.39 is 0 Å². The van der Waals surface area contributed by atoms with Gasteiger partial charge in [0.2, 0.25) is 0 Å². The van der Waals surface area contributed by atoms with Crippen LogP contribution in [0.4, 0.5) is 0 Å². The van der Waals surface area contributed by atoms with E-state index in [1.165, 1.54) is 65.9 Å². The Hall–Kier alpha value is -6.84. The Bertz CT molecular complexity index is 3090. The predicted molar refractivity (Wildman–Crippen MR) is 213 cm³/mol. The van der Waals surface area contributed by atoms with E-state index in [4.69, 9.17) is 4.42 Å². The highest BCUT2D eigenvalue weighted by Crippen LogP contribution is 2.40. The average molecular weight is 651 g/mol. The standard InChI is InChI=1S/C48H30N2O/c1-2-12-31(13-3-1)33-26-34(28-36(27-33)50-44-19-9-4-14-37(44)38-15-5-10-20-45(38)50)32-22-24-40-39-16-6-8-18-43(39)49(46(40)29-32)35-23-25-48-42(30-35)41-17-7-11-21-47(41)51-48/h1-30H. The Morgan fingerprint density at radius 3 is 1.49 bits per heavy atom. The minimum atomic E-state index is 0.900. The predicted octanol–water partition coefficient (Wildman–Crippen LogP) is 13.1. The molecule has 0 unspecified atom stereocenters. The average Bonchev–Trinajstić information content (AvgIpc) is 3.85. The SMILES string of the molecule is c1ccc(-c2cc(-c3ccc4c5ccccc5n(-c5ccc6oc7ccccc7c6c5)c4c3)cc(-n3c4ccccc4c4ccccc43)c2)cc1. The van der Waals surface area contributed by atoms with Crippen LogP contribution in [0.25, 0.3) is 99.2 Å². The minimum Gasteiger partial charge on any atom is -0.456 e. The molecule has 0 fully saturated rings. The molecule has 0 saturated carbocycles. The van der Waals surface area contributed by atoms with Crippen LogP contribution in [-0.4, -0.2) is 9.13 Å². The van der Waals surface area contributed by atoms with Crippen molar-refractivity contribution in [3.05, 3.63) is 182 Å². The molecule has 0 spiro atoms. The van der Waals surface area contributed by atoms with E-state index in [0.717, 1.165) is 33.3 Å². The van der Waals surface area contributed by atoms with Crippen molar-refractivity contribution in [3.8, 4) is 33.6 Å². The zero-order valence-electron chi connectivity index (χ0n) is 27.6. The molecule has 11 rings (SSSR count). The van der Waals surface area contributed by atoms with Crippen molar-refractivity contribution in [2.75, 3.05) is 0 Å². The summed E-state index contributed by atoms with van der Waals surface area (Å²) in [6.07, 6.45) is 0. The second-order valence-corrected chi connectivity index (χ2v) is 13.4. The number of rotatable bonds is 4. The lowest BCUT2D eigenvalue weighted by atomic mass is 9.97. The topological polar surface area (TPSA) is 23.0 Å². The second kappa shape index (κ2) is 10.8. The summed E-state index contributed by atoms with van der Waals surface area (Å²) in [4.78, 5) is 0. The maximum atomic E-state index is 6.21. The maximum absolute atomic E-state index is 6.21. The first-order valence-electron chi connectivity index (χ1n) is 17.4. The molecule has 0 N–H and O–H groups in total. The molecule has 3 aromatic heterocycles. The number of aromatic nitrogens is 2.